The van der Waals surface area contributed by atoms with E-state index in [2.05, 4.69) is 0 Å². The van der Waals surface area contributed by atoms with Gasteiger partial charge in [-0.1, -0.05) is 11.6 Å². The molecule has 2 amide bonds. The molecule has 0 aliphatic carbocycles. The van der Waals surface area contributed by atoms with Crippen LogP contribution in [0.1, 0.15) is 24.5 Å². The Morgan fingerprint density at radius 3 is 2.62 bits per heavy atom. The minimum atomic E-state index is -1.58. The summed E-state index contributed by atoms with van der Waals surface area (Å²) in [6.45, 7) is 1.36. The molecule has 1 N–H and O–H groups in total. The van der Waals surface area contributed by atoms with Gasteiger partial charge in [0.1, 0.15) is 11.6 Å². The second-order valence-corrected chi connectivity index (χ2v) is 7.15. The largest absolute Gasteiger partial charge is 0.465 e. The highest BCUT2D eigenvalue weighted by molar-refractivity contribution is 6.30. The van der Waals surface area contributed by atoms with Crippen LogP contribution in [-0.2, 0) is 10.6 Å². The number of nitrogens with zero attached hydrogens (tertiary/aromatic N) is 1. The van der Waals surface area contributed by atoms with E-state index in [0.717, 1.165) is 18.2 Å². The van der Waals surface area contributed by atoms with Gasteiger partial charge in [-0.15, -0.1) is 0 Å². The van der Waals surface area contributed by atoms with Crippen LogP contribution in [0.3, 0.4) is 0 Å². The molecule has 2 aliphatic rings. The number of carbonyl (C=O) groups excluding carboxylic acids is 1. The lowest BCUT2D eigenvalue weighted by Crippen LogP contribution is -2.38. The van der Waals surface area contributed by atoms with E-state index in [4.69, 9.17) is 26.2 Å². The van der Waals surface area contributed by atoms with E-state index < -0.39 is 29.4 Å². The molecule has 0 fully saturated rings. The van der Waals surface area contributed by atoms with Gasteiger partial charge < -0.3 is 14.6 Å². The number of amides is 2. The van der Waals surface area contributed by atoms with Gasteiger partial charge in [0, 0.05) is 24.6 Å². The number of halogens is 3. The van der Waals surface area contributed by atoms with Crippen molar-refractivity contribution in [3.63, 3.8) is 0 Å². The van der Waals surface area contributed by atoms with Crippen molar-refractivity contribution >= 4 is 29.2 Å². The van der Waals surface area contributed by atoms with Crippen LogP contribution in [0, 0.1) is 11.6 Å². The van der Waals surface area contributed by atoms with Crippen molar-refractivity contribution in [2.45, 2.75) is 19.1 Å². The normalized spacial score (nSPS) is 20.6. The van der Waals surface area contributed by atoms with Gasteiger partial charge in [-0.25, -0.2) is 18.5 Å². The molecule has 6 nitrogen and oxygen atoms in total. The Morgan fingerprint density at radius 2 is 1.97 bits per heavy atom. The Balaban J connectivity index is 1.76. The van der Waals surface area contributed by atoms with Crippen molar-refractivity contribution < 1.29 is 33.0 Å². The number of hydrogen-bond acceptors (Lipinski definition) is 4. The molecule has 1 unspecified atom stereocenters. The highest BCUT2D eigenvalue weighted by Gasteiger charge is 2.43. The van der Waals surface area contributed by atoms with E-state index in [1.54, 1.807) is 0 Å². The fraction of sp³-hybridized carbons (Fsp3) is 0.200. The SMILES string of the molecule is CC1(c2ccc(Cl)cc2F)Oc2ccc(F)c(C3=CC(=O)N(C(=O)O)CC3)c2O1. The average Bonchev–Trinajstić information content (AvgIpc) is 2.98. The number of benzene rings is 2. The number of ether oxygens (including phenoxy) is 2. The summed E-state index contributed by atoms with van der Waals surface area (Å²) in [6, 6.07) is 6.50. The molecular weight excluding hydrogens is 408 g/mol. The lowest BCUT2D eigenvalue weighted by atomic mass is 9.97. The third kappa shape index (κ3) is 3.19. The summed E-state index contributed by atoms with van der Waals surface area (Å²) in [5.74, 6) is -3.49. The van der Waals surface area contributed by atoms with E-state index >= 15 is 0 Å². The average molecular weight is 422 g/mol. The number of carboxylic acid groups (broad SMARTS) is 1. The molecule has 4 rings (SSSR count). The molecule has 2 heterocycles. The molecule has 2 aliphatic heterocycles. The molecule has 9 heteroatoms. The summed E-state index contributed by atoms with van der Waals surface area (Å²) >= 11 is 5.80. The molecule has 0 radical (unpaired) electrons. The maximum Gasteiger partial charge on any atom is 0.414 e. The van der Waals surface area contributed by atoms with Crippen molar-refractivity contribution in [2.75, 3.05) is 6.54 Å². The molecule has 29 heavy (non-hydrogen) atoms. The van der Waals surface area contributed by atoms with Crippen LogP contribution in [0.25, 0.3) is 5.57 Å². The van der Waals surface area contributed by atoms with Gasteiger partial charge in [-0.05, 0) is 42.3 Å². The minimum absolute atomic E-state index is 0.0148. The second kappa shape index (κ2) is 6.73. The highest BCUT2D eigenvalue weighted by atomic mass is 35.5. The van der Waals surface area contributed by atoms with Crippen LogP contribution < -0.4 is 9.47 Å². The summed E-state index contributed by atoms with van der Waals surface area (Å²) in [5.41, 5.74) is 0.320. The smallest absolute Gasteiger partial charge is 0.414 e. The van der Waals surface area contributed by atoms with E-state index in [1.807, 2.05) is 0 Å². The number of carbonyl (C=O) groups is 2. The molecule has 2 aromatic rings. The van der Waals surface area contributed by atoms with Crippen LogP contribution in [0.5, 0.6) is 11.5 Å². The first-order valence-corrected chi connectivity index (χ1v) is 8.99. The van der Waals surface area contributed by atoms with Gasteiger partial charge in [0.25, 0.3) is 11.7 Å². The molecule has 0 spiro atoms. The van der Waals surface area contributed by atoms with E-state index in [1.165, 1.54) is 25.1 Å². The predicted octanol–water partition coefficient (Wildman–Crippen LogP) is 4.56. The van der Waals surface area contributed by atoms with E-state index in [-0.39, 0.29) is 46.2 Å². The fourth-order valence-electron chi connectivity index (χ4n) is 3.44. The Hall–Kier alpha value is -3.13. The lowest BCUT2D eigenvalue weighted by Gasteiger charge is -2.25. The zero-order chi connectivity index (χ0) is 20.9. The molecule has 0 saturated carbocycles. The Kier molecular flexibility index (Phi) is 4.46. The van der Waals surface area contributed by atoms with Gasteiger partial charge in [0.05, 0.1) is 11.1 Å². The number of rotatable bonds is 2. The first-order valence-electron chi connectivity index (χ1n) is 8.61. The van der Waals surface area contributed by atoms with Crippen LogP contribution in [0.2, 0.25) is 5.02 Å². The Bertz CT molecular complexity index is 1090. The molecular formula is C20H14ClF2NO5. The van der Waals surface area contributed by atoms with E-state index in [9.17, 15) is 18.4 Å². The van der Waals surface area contributed by atoms with Crippen molar-refractivity contribution in [1.29, 1.82) is 0 Å². The summed E-state index contributed by atoms with van der Waals surface area (Å²) < 4.78 is 40.8. The molecule has 0 saturated heterocycles. The van der Waals surface area contributed by atoms with Gasteiger partial charge >= 0.3 is 6.09 Å². The van der Waals surface area contributed by atoms with Crippen LogP contribution in [-0.4, -0.2) is 28.6 Å². The number of imide groups is 1. The molecule has 0 aromatic heterocycles. The van der Waals surface area contributed by atoms with Gasteiger partial charge in [-0.3, -0.25) is 4.79 Å². The van der Waals surface area contributed by atoms with Gasteiger partial charge in [-0.2, -0.15) is 0 Å². The van der Waals surface area contributed by atoms with Crippen molar-refractivity contribution in [3.8, 4) is 11.5 Å². The van der Waals surface area contributed by atoms with Crippen LogP contribution >= 0.6 is 11.6 Å². The molecule has 1 atom stereocenters. The third-order valence-corrected chi connectivity index (χ3v) is 5.05. The fourth-order valence-corrected chi connectivity index (χ4v) is 3.60. The van der Waals surface area contributed by atoms with E-state index in [0.29, 0.717) is 4.90 Å². The Labute approximate surface area is 168 Å². The van der Waals surface area contributed by atoms with Crippen molar-refractivity contribution in [2.24, 2.45) is 0 Å². The topological polar surface area (TPSA) is 76.1 Å². The van der Waals surface area contributed by atoms with Gasteiger partial charge in [0.2, 0.25) is 0 Å². The molecule has 150 valence electrons. The van der Waals surface area contributed by atoms with Crippen molar-refractivity contribution in [3.05, 3.63) is 64.2 Å². The summed E-state index contributed by atoms with van der Waals surface area (Å²) in [6.07, 6.45) is -0.228. The molecule has 0 bridgehead atoms. The third-order valence-electron chi connectivity index (χ3n) is 4.81. The number of fused-ring (bicyclic) bond motifs is 1. The zero-order valence-corrected chi connectivity index (χ0v) is 15.8. The predicted molar refractivity (Wildman–Crippen MR) is 98.7 cm³/mol. The van der Waals surface area contributed by atoms with Crippen LogP contribution in [0.15, 0.2) is 36.4 Å². The summed E-state index contributed by atoms with van der Waals surface area (Å²) in [7, 11) is 0. The lowest BCUT2D eigenvalue weighted by molar-refractivity contribution is -0.124. The zero-order valence-electron chi connectivity index (χ0n) is 15.0. The highest BCUT2D eigenvalue weighted by Crippen LogP contribution is 2.49. The maximum atomic E-state index is 14.7. The van der Waals surface area contributed by atoms with Gasteiger partial charge in [0.15, 0.2) is 11.5 Å². The van der Waals surface area contributed by atoms with Crippen molar-refractivity contribution in [1.82, 2.24) is 4.90 Å². The first-order chi connectivity index (χ1) is 13.7. The van der Waals surface area contributed by atoms with Crippen LogP contribution in [0.4, 0.5) is 13.6 Å². The minimum Gasteiger partial charge on any atom is -0.465 e. The first kappa shape index (κ1) is 19.2. The summed E-state index contributed by atoms with van der Waals surface area (Å²) in [4.78, 5) is 23.8. The Morgan fingerprint density at radius 1 is 1.21 bits per heavy atom. The number of hydrogen-bond donors (Lipinski definition) is 1. The monoisotopic (exact) mass is 421 g/mol. The standard InChI is InChI=1S/C20H14ClF2NO5/c1-20(12-3-2-11(21)9-14(12)23)28-15-5-4-13(22)17(18(15)29-20)10-6-7-24(19(26)27)16(25)8-10/h2-5,8-9H,6-7H2,1H3,(H,26,27). The molecule has 2 aromatic carbocycles. The maximum absolute atomic E-state index is 14.7. The summed E-state index contributed by atoms with van der Waals surface area (Å²) in [5, 5.41) is 9.23. The quantitative estimate of drug-likeness (QED) is 0.769. The second-order valence-electron chi connectivity index (χ2n) is 6.72.